The van der Waals surface area contributed by atoms with Crippen LogP contribution in [0.2, 0.25) is 0 Å². The molecule has 3 atom stereocenters. The molecule has 2 aliphatic rings. The largest absolute Gasteiger partial charge is 0.444 e. The van der Waals surface area contributed by atoms with Crippen molar-refractivity contribution in [3.8, 4) is 0 Å². The minimum Gasteiger partial charge on any atom is -0.444 e. The third-order valence-electron chi connectivity index (χ3n) is 5.24. The fourth-order valence-electron chi connectivity index (χ4n) is 3.92. The second-order valence-electron chi connectivity index (χ2n) is 9.25. The summed E-state index contributed by atoms with van der Waals surface area (Å²) in [7, 11) is 0. The van der Waals surface area contributed by atoms with E-state index in [1.165, 1.54) is 38.5 Å². The molecule has 0 bridgehead atoms. The van der Waals surface area contributed by atoms with Gasteiger partial charge in [0.25, 0.3) is 0 Å². The zero-order chi connectivity index (χ0) is 17.1. The second kappa shape index (κ2) is 7.42. The molecule has 0 aromatic rings. The van der Waals surface area contributed by atoms with E-state index < -0.39 is 5.60 Å². The van der Waals surface area contributed by atoms with Crippen LogP contribution in [0.5, 0.6) is 0 Å². The maximum atomic E-state index is 12.0. The van der Waals surface area contributed by atoms with Crippen molar-refractivity contribution in [3.63, 3.8) is 0 Å². The summed E-state index contributed by atoms with van der Waals surface area (Å²) in [6, 6.07) is 1.21. The Bertz CT molecular complexity index is 401. The van der Waals surface area contributed by atoms with Crippen LogP contribution in [0.25, 0.3) is 0 Å². The molecule has 134 valence electrons. The lowest BCUT2D eigenvalue weighted by Crippen LogP contribution is -2.50. The van der Waals surface area contributed by atoms with Crippen molar-refractivity contribution in [2.45, 2.75) is 110 Å². The van der Waals surface area contributed by atoms with E-state index in [-0.39, 0.29) is 12.1 Å². The molecule has 2 aliphatic carbocycles. The lowest BCUT2D eigenvalue weighted by atomic mass is 9.85. The molecule has 0 saturated heterocycles. The van der Waals surface area contributed by atoms with Crippen LogP contribution >= 0.6 is 0 Å². The number of carbonyl (C=O) groups excluding carboxylic acids is 1. The topological polar surface area (TPSA) is 50.4 Å². The Morgan fingerprint density at radius 1 is 1.00 bits per heavy atom. The molecule has 2 saturated carbocycles. The van der Waals surface area contributed by atoms with E-state index in [1.54, 1.807) is 0 Å². The van der Waals surface area contributed by atoms with Gasteiger partial charge in [-0.2, -0.15) is 0 Å². The summed E-state index contributed by atoms with van der Waals surface area (Å²) in [5, 5.41) is 6.93. The summed E-state index contributed by atoms with van der Waals surface area (Å²) in [5.74, 6) is 0. The fraction of sp³-hybridized carbons (Fsp3) is 0.947. The maximum Gasteiger partial charge on any atom is 0.407 e. The SMILES string of the molecule is CC1(C)CCCC(NC2CCCC2NC(=O)OC(C)(C)C)CC1. The van der Waals surface area contributed by atoms with Crippen LogP contribution in [0.1, 0.15) is 86.0 Å². The third-order valence-corrected chi connectivity index (χ3v) is 5.24. The highest BCUT2D eigenvalue weighted by Gasteiger charge is 2.32. The molecular weight excluding hydrogens is 288 g/mol. The molecular formula is C19H36N2O2. The number of alkyl carbamates (subject to hydrolysis) is 1. The van der Waals surface area contributed by atoms with Gasteiger partial charge in [-0.05, 0) is 71.1 Å². The van der Waals surface area contributed by atoms with E-state index in [9.17, 15) is 4.79 Å². The average molecular weight is 325 g/mol. The quantitative estimate of drug-likeness (QED) is 0.757. The summed E-state index contributed by atoms with van der Waals surface area (Å²) in [5.41, 5.74) is 0.0543. The molecule has 0 radical (unpaired) electrons. The van der Waals surface area contributed by atoms with E-state index in [1.807, 2.05) is 20.8 Å². The van der Waals surface area contributed by atoms with Gasteiger partial charge in [0, 0.05) is 18.1 Å². The van der Waals surface area contributed by atoms with Crippen LogP contribution in [-0.4, -0.2) is 29.8 Å². The second-order valence-corrected chi connectivity index (χ2v) is 9.25. The van der Waals surface area contributed by atoms with E-state index in [2.05, 4.69) is 24.5 Å². The standard InChI is InChI=1S/C19H36N2O2/c1-18(2,3)23-17(22)21-16-10-6-9-15(16)20-14-8-7-12-19(4,5)13-11-14/h14-16,20H,6-13H2,1-5H3,(H,21,22). The van der Waals surface area contributed by atoms with Crippen molar-refractivity contribution >= 4 is 6.09 Å². The molecule has 3 unspecified atom stereocenters. The van der Waals surface area contributed by atoms with Gasteiger partial charge in [-0.25, -0.2) is 4.79 Å². The van der Waals surface area contributed by atoms with Gasteiger partial charge >= 0.3 is 6.09 Å². The highest BCUT2D eigenvalue weighted by molar-refractivity contribution is 5.68. The minimum atomic E-state index is -0.432. The Morgan fingerprint density at radius 3 is 2.39 bits per heavy atom. The first-order valence-corrected chi connectivity index (χ1v) is 9.40. The van der Waals surface area contributed by atoms with Gasteiger partial charge in [-0.3, -0.25) is 0 Å². The molecule has 0 aromatic carbocycles. The van der Waals surface area contributed by atoms with Crippen LogP contribution < -0.4 is 10.6 Å². The zero-order valence-electron chi connectivity index (χ0n) is 15.7. The van der Waals surface area contributed by atoms with Crippen LogP contribution in [-0.2, 0) is 4.74 Å². The summed E-state index contributed by atoms with van der Waals surface area (Å²) < 4.78 is 5.41. The Labute approximate surface area is 142 Å². The van der Waals surface area contributed by atoms with Gasteiger partial charge < -0.3 is 15.4 Å². The van der Waals surface area contributed by atoms with Gasteiger partial charge in [-0.1, -0.05) is 20.3 Å². The molecule has 0 aliphatic heterocycles. The molecule has 1 amide bonds. The summed E-state index contributed by atoms with van der Waals surface area (Å²) in [6.07, 6.45) is 9.55. The van der Waals surface area contributed by atoms with E-state index in [4.69, 9.17) is 4.74 Å². The molecule has 4 heteroatoms. The Kier molecular flexibility index (Phi) is 5.99. The van der Waals surface area contributed by atoms with Crippen molar-refractivity contribution in [2.75, 3.05) is 0 Å². The first-order chi connectivity index (χ1) is 10.6. The van der Waals surface area contributed by atoms with Crippen LogP contribution in [0.4, 0.5) is 4.79 Å². The first kappa shape index (κ1) is 18.6. The highest BCUT2D eigenvalue weighted by Crippen LogP contribution is 2.34. The molecule has 2 N–H and O–H groups in total. The van der Waals surface area contributed by atoms with Crippen LogP contribution in [0.3, 0.4) is 0 Å². The molecule has 0 heterocycles. The molecule has 2 fully saturated rings. The van der Waals surface area contributed by atoms with E-state index in [0.717, 1.165) is 12.8 Å². The average Bonchev–Trinajstić information content (AvgIpc) is 2.72. The molecule has 2 rings (SSSR count). The summed E-state index contributed by atoms with van der Waals surface area (Å²) >= 11 is 0. The van der Waals surface area contributed by atoms with E-state index >= 15 is 0 Å². The molecule has 0 aromatic heterocycles. The first-order valence-electron chi connectivity index (χ1n) is 9.40. The van der Waals surface area contributed by atoms with Gasteiger partial charge in [0.2, 0.25) is 0 Å². The molecule has 23 heavy (non-hydrogen) atoms. The normalized spacial score (nSPS) is 31.4. The smallest absolute Gasteiger partial charge is 0.407 e. The predicted octanol–water partition coefficient (Wildman–Crippen LogP) is 4.38. The fourth-order valence-corrected chi connectivity index (χ4v) is 3.92. The van der Waals surface area contributed by atoms with Crippen molar-refractivity contribution < 1.29 is 9.53 Å². The Balaban J connectivity index is 1.83. The van der Waals surface area contributed by atoms with Gasteiger partial charge in [0.05, 0.1) is 0 Å². The van der Waals surface area contributed by atoms with Crippen LogP contribution in [0, 0.1) is 5.41 Å². The predicted molar refractivity (Wildman–Crippen MR) is 94.6 cm³/mol. The van der Waals surface area contributed by atoms with Crippen molar-refractivity contribution in [3.05, 3.63) is 0 Å². The van der Waals surface area contributed by atoms with E-state index in [0.29, 0.717) is 17.5 Å². The highest BCUT2D eigenvalue weighted by atomic mass is 16.6. The summed E-state index contributed by atoms with van der Waals surface area (Å²) in [4.78, 5) is 12.0. The number of rotatable bonds is 3. The Hall–Kier alpha value is -0.770. The number of amides is 1. The molecule has 4 nitrogen and oxygen atoms in total. The number of carbonyl (C=O) groups is 1. The van der Waals surface area contributed by atoms with Gasteiger partial charge in [-0.15, -0.1) is 0 Å². The third kappa shape index (κ3) is 6.33. The maximum absolute atomic E-state index is 12.0. The van der Waals surface area contributed by atoms with Crippen molar-refractivity contribution in [2.24, 2.45) is 5.41 Å². The van der Waals surface area contributed by atoms with Gasteiger partial charge in [0.15, 0.2) is 0 Å². The monoisotopic (exact) mass is 324 g/mol. The lowest BCUT2D eigenvalue weighted by Gasteiger charge is -2.29. The lowest BCUT2D eigenvalue weighted by molar-refractivity contribution is 0.0496. The number of nitrogens with one attached hydrogen (secondary N) is 2. The Morgan fingerprint density at radius 2 is 1.70 bits per heavy atom. The van der Waals surface area contributed by atoms with Crippen LogP contribution in [0.15, 0.2) is 0 Å². The number of hydrogen-bond donors (Lipinski definition) is 2. The summed E-state index contributed by atoms with van der Waals surface area (Å²) in [6.45, 7) is 10.5. The molecule has 0 spiro atoms. The number of hydrogen-bond acceptors (Lipinski definition) is 3. The van der Waals surface area contributed by atoms with Crippen molar-refractivity contribution in [1.29, 1.82) is 0 Å². The van der Waals surface area contributed by atoms with Gasteiger partial charge in [0.1, 0.15) is 5.60 Å². The zero-order valence-corrected chi connectivity index (χ0v) is 15.7. The van der Waals surface area contributed by atoms with Crippen molar-refractivity contribution in [1.82, 2.24) is 10.6 Å². The minimum absolute atomic E-state index is 0.209. The number of ether oxygens (including phenoxy) is 1.